The number of pyridine rings is 1. The molecule has 0 saturated heterocycles. The van der Waals surface area contributed by atoms with Crippen LogP contribution in [0.1, 0.15) is 0 Å². The van der Waals surface area contributed by atoms with Gasteiger partial charge in [-0.2, -0.15) is 0 Å². The Morgan fingerprint density at radius 1 is 0.315 bits per heavy atom. The molecule has 0 aliphatic carbocycles. The third-order valence-corrected chi connectivity index (χ3v) is 12.6. The third kappa shape index (κ3) is 5.11. The maximum Gasteiger partial charge on any atom is 0.165 e. The van der Waals surface area contributed by atoms with Gasteiger partial charge < -0.3 is 0 Å². The minimum absolute atomic E-state index is 0.647. The zero-order chi connectivity index (χ0) is 35.6. The lowest BCUT2D eigenvalue weighted by Crippen LogP contribution is -2.00. The molecule has 11 rings (SSSR count). The Hall–Kier alpha value is -6.60. The average molecular weight is 725 g/mol. The summed E-state index contributed by atoms with van der Waals surface area (Å²) in [7, 11) is 0. The van der Waals surface area contributed by atoms with E-state index in [4.69, 9.17) is 19.9 Å². The molecule has 7 aromatic carbocycles. The van der Waals surface area contributed by atoms with Crippen molar-refractivity contribution in [3.8, 4) is 56.5 Å². The van der Waals surface area contributed by atoms with Crippen LogP contribution in [-0.4, -0.2) is 19.9 Å². The summed E-state index contributed by atoms with van der Waals surface area (Å²) < 4.78 is 5.00. The van der Waals surface area contributed by atoms with Gasteiger partial charge in [-0.05, 0) is 35.4 Å². The summed E-state index contributed by atoms with van der Waals surface area (Å²) in [6, 6.07) is 59.6. The standard InChI is InChI=1S/C48H28N4S2/c1-2-11-32(12-3-1)46-50-47(52-48(51-46)38-17-10-16-35-34-13-5-8-19-40(34)53-44(35)38)33-27-23-30(24-28-33)29-21-25-31(26-22-29)43-42-37-15-6-9-20-41(37)54-45(42)36-14-4-7-18-39(36)49-43/h1-28H. The molecule has 0 fully saturated rings. The molecule has 0 saturated carbocycles. The summed E-state index contributed by atoms with van der Waals surface area (Å²) in [5.41, 5.74) is 8.31. The Bertz CT molecular complexity index is 3200. The summed E-state index contributed by atoms with van der Waals surface area (Å²) in [5.74, 6) is 1.97. The van der Waals surface area contributed by atoms with E-state index in [1.54, 1.807) is 11.3 Å². The van der Waals surface area contributed by atoms with E-state index >= 15 is 0 Å². The van der Waals surface area contributed by atoms with Crippen LogP contribution in [0.5, 0.6) is 0 Å². The summed E-state index contributed by atoms with van der Waals surface area (Å²) in [6.45, 7) is 0. The highest BCUT2D eigenvalue weighted by Gasteiger charge is 2.18. The van der Waals surface area contributed by atoms with Crippen LogP contribution in [0.3, 0.4) is 0 Å². The number of nitrogens with zero attached hydrogens (tertiary/aromatic N) is 4. The van der Waals surface area contributed by atoms with Crippen molar-refractivity contribution in [3.05, 3.63) is 170 Å². The molecule has 0 radical (unpaired) electrons. The highest BCUT2D eigenvalue weighted by molar-refractivity contribution is 7.27. The first-order chi connectivity index (χ1) is 26.7. The number of para-hydroxylation sites is 1. The molecule has 252 valence electrons. The topological polar surface area (TPSA) is 51.6 Å². The normalized spacial score (nSPS) is 11.7. The monoisotopic (exact) mass is 724 g/mol. The number of benzene rings is 7. The molecule has 4 aromatic heterocycles. The number of hydrogen-bond acceptors (Lipinski definition) is 6. The second kappa shape index (κ2) is 12.5. The molecule has 0 N–H and O–H groups in total. The molecule has 11 aromatic rings. The molecule has 0 unspecified atom stereocenters. The van der Waals surface area contributed by atoms with Crippen molar-refractivity contribution < 1.29 is 0 Å². The third-order valence-electron chi connectivity index (χ3n) is 10.2. The van der Waals surface area contributed by atoms with Crippen LogP contribution in [0.15, 0.2) is 170 Å². The van der Waals surface area contributed by atoms with Gasteiger partial charge in [-0.3, -0.25) is 0 Å². The van der Waals surface area contributed by atoms with Crippen molar-refractivity contribution in [2.24, 2.45) is 0 Å². The predicted octanol–water partition coefficient (Wildman–Crippen LogP) is 13.5. The summed E-state index contributed by atoms with van der Waals surface area (Å²) in [6.07, 6.45) is 0. The van der Waals surface area contributed by atoms with E-state index in [0.717, 1.165) is 44.6 Å². The lowest BCUT2D eigenvalue weighted by molar-refractivity contribution is 1.08. The number of rotatable bonds is 5. The second-order valence-corrected chi connectivity index (χ2v) is 15.5. The van der Waals surface area contributed by atoms with Crippen LogP contribution in [0.2, 0.25) is 0 Å². The van der Waals surface area contributed by atoms with Gasteiger partial charge in [0, 0.05) is 68.0 Å². The van der Waals surface area contributed by atoms with Gasteiger partial charge in [0.05, 0.1) is 11.2 Å². The predicted molar refractivity (Wildman–Crippen MR) is 228 cm³/mol. The van der Waals surface area contributed by atoms with Crippen molar-refractivity contribution in [3.63, 3.8) is 0 Å². The molecule has 0 atom stereocenters. The maximum absolute atomic E-state index is 5.22. The largest absolute Gasteiger partial charge is 0.247 e. The highest BCUT2D eigenvalue weighted by Crippen LogP contribution is 2.43. The summed E-state index contributed by atoms with van der Waals surface area (Å²) in [5, 5.41) is 6.15. The minimum atomic E-state index is 0.647. The van der Waals surface area contributed by atoms with Crippen molar-refractivity contribution in [1.29, 1.82) is 0 Å². The number of fused-ring (bicyclic) bond motifs is 8. The van der Waals surface area contributed by atoms with Gasteiger partial charge in [0.2, 0.25) is 0 Å². The highest BCUT2D eigenvalue weighted by atomic mass is 32.1. The number of aromatic nitrogens is 4. The molecular formula is C48H28N4S2. The zero-order valence-corrected chi connectivity index (χ0v) is 30.4. The lowest BCUT2D eigenvalue weighted by atomic mass is 9.99. The fourth-order valence-corrected chi connectivity index (χ4v) is 9.97. The Morgan fingerprint density at radius 3 is 1.57 bits per heavy atom. The van der Waals surface area contributed by atoms with E-state index in [9.17, 15) is 0 Å². The SMILES string of the molecule is c1ccc(-c2nc(-c3ccc(-c4ccc(-c5nc6ccccc6c6sc7ccccc7c56)cc4)cc3)nc(-c3cccc4c3sc3ccccc34)n2)cc1. The van der Waals surface area contributed by atoms with Crippen molar-refractivity contribution in [2.45, 2.75) is 0 Å². The van der Waals surface area contributed by atoms with Gasteiger partial charge in [-0.15, -0.1) is 22.7 Å². The molecule has 6 heteroatoms. The fourth-order valence-electron chi connectivity index (χ4n) is 7.52. The molecule has 0 spiro atoms. The van der Waals surface area contributed by atoms with E-state index in [2.05, 4.69) is 152 Å². The minimum Gasteiger partial charge on any atom is -0.247 e. The van der Waals surface area contributed by atoms with Crippen LogP contribution in [0.25, 0.3) is 108 Å². The van der Waals surface area contributed by atoms with Crippen LogP contribution < -0.4 is 0 Å². The Kier molecular flexibility index (Phi) is 7.18. The van der Waals surface area contributed by atoms with E-state index < -0.39 is 0 Å². The molecule has 0 bridgehead atoms. The quantitative estimate of drug-likeness (QED) is 0.177. The van der Waals surface area contributed by atoms with Crippen LogP contribution in [-0.2, 0) is 0 Å². The van der Waals surface area contributed by atoms with Crippen molar-refractivity contribution in [2.75, 3.05) is 0 Å². The molecule has 0 aliphatic rings. The maximum atomic E-state index is 5.22. The molecule has 54 heavy (non-hydrogen) atoms. The second-order valence-electron chi connectivity index (χ2n) is 13.4. The average Bonchev–Trinajstić information content (AvgIpc) is 3.83. The smallest absolute Gasteiger partial charge is 0.165 e. The molecule has 0 amide bonds. The Labute approximate surface area is 318 Å². The first-order valence-corrected chi connectivity index (χ1v) is 19.5. The van der Waals surface area contributed by atoms with Crippen molar-refractivity contribution in [1.82, 2.24) is 19.9 Å². The summed E-state index contributed by atoms with van der Waals surface area (Å²) >= 11 is 3.63. The fraction of sp³-hybridized carbons (Fsp3) is 0. The van der Waals surface area contributed by atoms with Crippen LogP contribution >= 0.6 is 22.7 Å². The zero-order valence-electron chi connectivity index (χ0n) is 28.8. The molecular weight excluding hydrogens is 697 g/mol. The molecule has 4 nitrogen and oxygen atoms in total. The number of thiophene rings is 2. The van der Waals surface area contributed by atoms with Crippen LogP contribution in [0.4, 0.5) is 0 Å². The van der Waals surface area contributed by atoms with Gasteiger partial charge in [-0.25, -0.2) is 19.9 Å². The van der Waals surface area contributed by atoms with E-state index in [1.165, 1.54) is 45.7 Å². The van der Waals surface area contributed by atoms with E-state index in [0.29, 0.717) is 17.5 Å². The van der Waals surface area contributed by atoms with Crippen molar-refractivity contribution >= 4 is 73.9 Å². The number of hydrogen-bond donors (Lipinski definition) is 0. The van der Waals surface area contributed by atoms with Gasteiger partial charge in [0.25, 0.3) is 0 Å². The van der Waals surface area contributed by atoms with Gasteiger partial charge in [0.15, 0.2) is 17.5 Å². The summed E-state index contributed by atoms with van der Waals surface area (Å²) in [4.78, 5) is 20.4. The first kappa shape index (κ1) is 31.0. The Balaban J connectivity index is 0.980. The van der Waals surface area contributed by atoms with Gasteiger partial charge in [-0.1, -0.05) is 146 Å². The van der Waals surface area contributed by atoms with E-state index in [-0.39, 0.29) is 0 Å². The van der Waals surface area contributed by atoms with E-state index in [1.807, 2.05) is 29.5 Å². The van der Waals surface area contributed by atoms with Gasteiger partial charge in [0.1, 0.15) is 0 Å². The lowest BCUT2D eigenvalue weighted by Gasteiger charge is -2.10. The van der Waals surface area contributed by atoms with Crippen LogP contribution in [0, 0.1) is 0 Å². The Morgan fingerprint density at radius 2 is 0.833 bits per heavy atom. The molecule has 4 heterocycles. The van der Waals surface area contributed by atoms with Gasteiger partial charge >= 0.3 is 0 Å². The first-order valence-electron chi connectivity index (χ1n) is 17.9. The molecule has 0 aliphatic heterocycles.